The number of pyridine rings is 1. The molecule has 4 aromatic heterocycles. The molecule has 0 bridgehead atoms. The molecule has 1 amide bonds. The van der Waals surface area contributed by atoms with E-state index in [0.717, 1.165) is 16.1 Å². The highest BCUT2D eigenvalue weighted by Gasteiger charge is 2.18. The van der Waals surface area contributed by atoms with Crippen LogP contribution in [0.5, 0.6) is 0 Å². The molecule has 0 unspecified atom stereocenters. The number of rotatable bonds is 7. The molecule has 0 spiro atoms. The highest BCUT2D eigenvalue weighted by molar-refractivity contribution is 7.99. The van der Waals surface area contributed by atoms with Crippen molar-refractivity contribution in [1.82, 2.24) is 19.9 Å². The van der Waals surface area contributed by atoms with E-state index in [4.69, 9.17) is 9.40 Å². The summed E-state index contributed by atoms with van der Waals surface area (Å²) in [4.78, 5) is 36.4. The Labute approximate surface area is 181 Å². The number of aromatic nitrogens is 3. The Hall–Kier alpha value is -2.91. The average molecular weight is 441 g/mol. The van der Waals surface area contributed by atoms with Gasteiger partial charge in [-0.2, -0.15) is 0 Å². The van der Waals surface area contributed by atoms with Crippen LogP contribution in [0.2, 0.25) is 0 Å². The van der Waals surface area contributed by atoms with Crippen LogP contribution >= 0.6 is 23.1 Å². The van der Waals surface area contributed by atoms with E-state index < -0.39 is 0 Å². The lowest BCUT2D eigenvalue weighted by molar-refractivity contribution is -0.118. The van der Waals surface area contributed by atoms with Crippen molar-refractivity contribution in [3.8, 4) is 0 Å². The molecule has 0 aliphatic rings. The van der Waals surface area contributed by atoms with Crippen molar-refractivity contribution in [2.24, 2.45) is 0 Å². The molecular weight excluding hydrogens is 420 g/mol. The summed E-state index contributed by atoms with van der Waals surface area (Å²) in [5.41, 5.74) is 1.61. The number of amides is 1. The summed E-state index contributed by atoms with van der Waals surface area (Å²) in [6.07, 6.45) is 3.26. The Kier molecular flexibility index (Phi) is 6.01. The second-order valence-electron chi connectivity index (χ2n) is 6.71. The maximum Gasteiger partial charge on any atom is 0.263 e. The Bertz CT molecular complexity index is 1230. The van der Waals surface area contributed by atoms with Crippen LogP contribution in [0.1, 0.15) is 21.9 Å². The first-order valence-corrected chi connectivity index (χ1v) is 11.2. The van der Waals surface area contributed by atoms with Crippen LogP contribution in [0.3, 0.4) is 0 Å². The fraction of sp³-hybridized carbons (Fsp3) is 0.238. The number of nitrogens with one attached hydrogen (secondary N) is 1. The number of aryl methyl sites for hydroxylation is 2. The summed E-state index contributed by atoms with van der Waals surface area (Å²) in [6, 6.07) is 9.16. The summed E-state index contributed by atoms with van der Waals surface area (Å²) >= 11 is 2.74. The van der Waals surface area contributed by atoms with Gasteiger partial charge >= 0.3 is 0 Å². The Morgan fingerprint density at radius 2 is 2.13 bits per heavy atom. The van der Waals surface area contributed by atoms with Gasteiger partial charge in [0.15, 0.2) is 5.16 Å². The Morgan fingerprint density at radius 3 is 2.87 bits per heavy atom. The van der Waals surface area contributed by atoms with Crippen LogP contribution in [0.4, 0.5) is 0 Å². The van der Waals surface area contributed by atoms with Gasteiger partial charge in [-0.15, -0.1) is 11.3 Å². The molecule has 0 aromatic carbocycles. The van der Waals surface area contributed by atoms with Crippen molar-refractivity contribution in [1.29, 1.82) is 0 Å². The van der Waals surface area contributed by atoms with Gasteiger partial charge in [0.2, 0.25) is 5.91 Å². The smallest absolute Gasteiger partial charge is 0.263 e. The minimum Gasteiger partial charge on any atom is -0.467 e. The SMILES string of the molecule is Cc1sc2nc(SCC(=O)NCc3ccco3)n(Cc3ccccn3)c(=O)c2c1C. The molecule has 0 atom stereocenters. The number of thiophene rings is 1. The van der Waals surface area contributed by atoms with Crippen molar-refractivity contribution in [3.05, 3.63) is 75.0 Å². The van der Waals surface area contributed by atoms with E-state index in [2.05, 4.69) is 10.3 Å². The topological polar surface area (TPSA) is 90.0 Å². The zero-order valence-electron chi connectivity index (χ0n) is 16.5. The normalized spacial score (nSPS) is 11.1. The van der Waals surface area contributed by atoms with Crippen LogP contribution in [0, 0.1) is 13.8 Å². The zero-order chi connectivity index (χ0) is 21.1. The lowest BCUT2D eigenvalue weighted by atomic mass is 10.2. The van der Waals surface area contributed by atoms with Gasteiger partial charge in [0.25, 0.3) is 5.56 Å². The average Bonchev–Trinajstić information content (AvgIpc) is 3.36. The minimum absolute atomic E-state index is 0.106. The lowest BCUT2D eigenvalue weighted by Gasteiger charge is -2.12. The van der Waals surface area contributed by atoms with Gasteiger partial charge < -0.3 is 9.73 Å². The van der Waals surface area contributed by atoms with Crippen molar-refractivity contribution >= 4 is 39.2 Å². The van der Waals surface area contributed by atoms with Gasteiger partial charge in [-0.05, 0) is 43.7 Å². The first kappa shape index (κ1) is 20.4. The van der Waals surface area contributed by atoms with E-state index in [1.807, 2.05) is 32.0 Å². The third-order valence-electron chi connectivity index (χ3n) is 4.67. The largest absolute Gasteiger partial charge is 0.467 e. The summed E-state index contributed by atoms with van der Waals surface area (Å²) < 4.78 is 6.83. The molecule has 1 N–H and O–H groups in total. The zero-order valence-corrected chi connectivity index (χ0v) is 18.2. The highest BCUT2D eigenvalue weighted by atomic mass is 32.2. The lowest BCUT2D eigenvalue weighted by Crippen LogP contribution is -2.27. The molecule has 7 nitrogen and oxygen atoms in total. The summed E-state index contributed by atoms with van der Waals surface area (Å²) in [7, 11) is 0. The molecular formula is C21H20N4O3S2. The second kappa shape index (κ2) is 8.85. The number of hydrogen-bond donors (Lipinski definition) is 1. The quantitative estimate of drug-likeness (QED) is 0.349. The molecule has 30 heavy (non-hydrogen) atoms. The van der Waals surface area contributed by atoms with Gasteiger partial charge in [0.1, 0.15) is 10.6 Å². The molecule has 154 valence electrons. The second-order valence-corrected chi connectivity index (χ2v) is 8.86. The molecule has 4 aromatic rings. The fourth-order valence-electron chi connectivity index (χ4n) is 2.99. The molecule has 0 fully saturated rings. The van der Waals surface area contributed by atoms with E-state index in [1.54, 1.807) is 29.2 Å². The summed E-state index contributed by atoms with van der Waals surface area (Å²) in [6.45, 7) is 4.55. The van der Waals surface area contributed by atoms with Crippen molar-refractivity contribution in [3.63, 3.8) is 0 Å². The number of carbonyl (C=O) groups excluding carboxylic acids is 1. The maximum absolute atomic E-state index is 13.3. The summed E-state index contributed by atoms with van der Waals surface area (Å²) in [5.74, 6) is 0.669. The van der Waals surface area contributed by atoms with Crippen LogP contribution in [0.15, 0.2) is 57.2 Å². The highest BCUT2D eigenvalue weighted by Crippen LogP contribution is 2.28. The van der Waals surface area contributed by atoms with Crippen molar-refractivity contribution in [2.75, 3.05) is 5.75 Å². The van der Waals surface area contributed by atoms with E-state index in [9.17, 15) is 9.59 Å². The number of carbonyl (C=O) groups is 1. The molecule has 0 saturated heterocycles. The molecule has 9 heteroatoms. The van der Waals surface area contributed by atoms with Gasteiger partial charge in [0, 0.05) is 11.1 Å². The maximum atomic E-state index is 13.3. The van der Waals surface area contributed by atoms with Gasteiger partial charge in [-0.25, -0.2) is 4.98 Å². The first-order valence-electron chi connectivity index (χ1n) is 9.35. The van der Waals surface area contributed by atoms with Crippen LogP contribution in [0.25, 0.3) is 10.2 Å². The van der Waals surface area contributed by atoms with E-state index in [0.29, 0.717) is 34.2 Å². The van der Waals surface area contributed by atoms with E-state index >= 15 is 0 Å². The first-order chi connectivity index (χ1) is 14.5. The third-order valence-corrected chi connectivity index (χ3v) is 6.75. The Balaban J connectivity index is 1.61. The van der Waals surface area contributed by atoms with Crippen molar-refractivity contribution < 1.29 is 9.21 Å². The number of fused-ring (bicyclic) bond motifs is 1. The van der Waals surface area contributed by atoms with E-state index in [-0.39, 0.29) is 17.2 Å². The standard InChI is InChI=1S/C21H20N4O3S2/c1-13-14(2)30-19-18(13)20(27)25(11-15-6-3-4-8-22-15)21(24-19)29-12-17(26)23-10-16-7-5-9-28-16/h3-9H,10-12H2,1-2H3,(H,23,26). The number of nitrogens with zero attached hydrogens (tertiary/aromatic N) is 3. The van der Waals surface area contributed by atoms with Crippen LogP contribution < -0.4 is 10.9 Å². The van der Waals surface area contributed by atoms with Crippen molar-refractivity contribution in [2.45, 2.75) is 32.1 Å². The molecule has 0 aliphatic carbocycles. The summed E-state index contributed by atoms with van der Waals surface area (Å²) in [5, 5.41) is 3.96. The molecule has 4 rings (SSSR count). The fourth-order valence-corrected chi connectivity index (χ4v) is 4.89. The number of hydrogen-bond acceptors (Lipinski definition) is 7. The van der Waals surface area contributed by atoms with E-state index in [1.165, 1.54) is 23.1 Å². The third kappa shape index (κ3) is 4.31. The molecule has 0 saturated carbocycles. The number of thioether (sulfide) groups is 1. The van der Waals surface area contributed by atoms with Crippen LogP contribution in [-0.2, 0) is 17.9 Å². The Morgan fingerprint density at radius 1 is 1.27 bits per heavy atom. The predicted molar refractivity (Wildman–Crippen MR) is 118 cm³/mol. The van der Waals surface area contributed by atoms with Gasteiger partial charge in [-0.3, -0.25) is 19.1 Å². The predicted octanol–water partition coefficient (Wildman–Crippen LogP) is 3.52. The molecule has 0 aliphatic heterocycles. The monoisotopic (exact) mass is 440 g/mol. The van der Waals surface area contributed by atoms with Crippen LogP contribution in [-0.4, -0.2) is 26.2 Å². The molecule has 4 heterocycles. The minimum atomic E-state index is -0.159. The molecule has 0 radical (unpaired) electrons. The van der Waals surface area contributed by atoms with Gasteiger partial charge in [0.05, 0.1) is 36.2 Å². The van der Waals surface area contributed by atoms with Gasteiger partial charge in [-0.1, -0.05) is 17.8 Å². The number of furan rings is 1.